The summed E-state index contributed by atoms with van der Waals surface area (Å²) in [5.41, 5.74) is 8.44. The molecule has 6 aromatic carbocycles. The summed E-state index contributed by atoms with van der Waals surface area (Å²) < 4.78 is 11.8. The smallest absolute Gasteiger partial charge is 0.269 e. The summed E-state index contributed by atoms with van der Waals surface area (Å²) in [6.07, 6.45) is 1.81. The molecule has 0 saturated carbocycles. The van der Waals surface area contributed by atoms with Gasteiger partial charge in [-0.2, -0.15) is 10.2 Å². The van der Waals surface area contributed by atoms with Gasteiger partial charge in [0.2, 0.25) is 0 Å². The van der Waals surface area contributed by atoms with Crippen molar-refractivity contribution in [2.45, 2.75) is 71.0 Å². The molecule has 59 heavy (non-hydrogen) atoms. The first-order valence-electron chi connectivity index (χ1n) is 20.0. The van der Waals surface area contributed by atoms with E-state index >= 15 is 0 Å². The van der Waals surface area contributed by atoms with Crippen LogP contribution in [-0.4, -0.2) is 40.6 Å². The number of anilines is 3. The van der Waals surface area contributed by atoms with Gasteiger partial charge in [0.05, 0.1) is 28.5 Å². The number of hydrogen-bond donors (Lipinski definition) is 2. The van der Waals surface area contributed by atoms with E-state index in [1.807, 2.05) is 55.5 Å². The number of non-ortho nitro benzene ring substituents is 1. The zero-order valence-electron chi connectivity index (χ0n) is 34.1. The Morgan fingerprint density at radius 1 is 0.627 bits per heavy atom. The van der Waals surface area contributed by atoms with Crippen molar-refractivity contribution < 1.29 is 24.6 Å². The van der Waals surface area contributed by atoms with Gasteiger partial charge in [0.1, 0.15) is 24.7 Å². The monoisotopic (exact) mass is 792 g/mol. The molecule has 0 aliphatic carbocycles. The number of azo groups is 1. The maximum atomic E-state index is 11.0. The molecule has 0 amide bonds. The van der Waals surface area contributed by atoms with Crippen LogP contribution in [0.3, 0.4) is 0 Å². The second-order valence-corrected chi connectivity index (χ2v) is 15.3. The van der Waals surface area contributed by atoms with Gasteiger partial charge in [0.15, 0.2) is 0 Å². The average molecular weight is 793 g/mol. The molecule has 6 aromatic rings. The van der Waals surface area contributed by atoms with E-state index < -0.39 is 17.1 Å². The third-order valence-corrected chi connectivity index (χ3v) is 10.4. The molecule has 0 bridgehead atoms. The molecule has 0 radical (unpaired) electrons. The number of rotatable bonds is 19. The predicted molar refractivity (Wildman–Crippen MR) is 234 cm³/mol. The van der Waals surface area contributed by atoms with E-state index in [1.54, 1.807) is 12.1 Å². The Balaban J connectivity index is 1.02. The highest BCUT2D eigenvalue weighted by Crippen LogP contribution is 2.37. The molecule has 0 spiro atoms. The van der Waals surface area contributed by atoms with Gasteiger partial charge in [-0.1, -0.05) is 81.3 Å². The minimum atomic E-state index is -0.630. The zero-order valence-corrected chi connectivity index (χ0v) is 34.1. The molecule has 6 rings (SSSR count). The number of aliphatic hydroxyl groups is 2. The van der Waals surface area contributed by atoms with Crippen LogP contribution in [0.15, 0.2) is 156 Å². The topological polar surface area (TPSA) is 130 Å². The van der Waals surface area contributed by atoms with E-state index in [0.717, 1.165) is 52.3 Å². The molecular weight excluding hydrogens is 741 g/mol. The Bertz CT molecular complexity index is 2260. The summed E-state index contributed by atoms with van der Waals surface area (Å²) in [7, 11) is 0. The van der Waals surface area contributed by atoms with Crippen molar-refractivity contribution in [2.24, 2.45) is 10.2 Å². The fourth-order valence-corrected chi connectivity index (χ4v) is 6.70. The number of nitro groups is 1. The second kappa shape index (κ2) is 19.9. The Hall–Kier alpha value is -6.36. The predicted octanol–water partition coefficient (Wildman–Crippen LogP) is 12.0. The maximum Gasteiger partial charge on any atom is 0.269 e. The largest absolute Gasteiger partial charge is 0.491 e. The molecule has 0 aliphatic heterocycles. The molecule has 0 aromatic heterocycles. The van der Waals surface area contributed by atoms with Gasteiger partial charge in [0.25, 0.3) is 5.69 Å². The van der Waals surface area contributed by atoms with Crippen molar-refractivity contribution in [2.75, 3.05) is 18.1 Å². The number of hydrogen-bond acceptors (Lipinski definition) is 9. The van der Waals surface area contributed by atoms with Gasteiger partial charge in [0, 0.05) is 34.6 Å². The summed E-state index contributed by atoms with van der Waals surface area (Å²) in [6, 6.07) is 46.5. The fourth-order valence-electron chi connectivity index (χ4n) is 6.70. The van der Waals surface area contributed by atoms with Gasteiger partial charge in [-0.3, -0.25) is 10.1 Å². The third kappa shape index (κ3) is 11.6. The minimum absolute atomic E-state index is 0.00556. The molecule has 0 saturated heterocycles. The number of aliphatic hydroxyl groups excluding tert-OH is 2. The standard InChI is InChI=1S/C49H52N4O6/c1-5-6-45(54)33-58-47-29-12-37(13-30-47)49(3,4)38-14-31-48(32-15-38)59-34-46(55)28-11-36-9-22-42(23-10-36)52(41-20-7-35(2)8-21-41)43-24-16-39(17-25-43)50-51-40-18-26-44(27-19-40)53(56)57/h7-10,12-27,29-32,45-46,54-55H,5-6,11,28,33-34H2,1-4H3. The first-order valence-corrected chi connectivity index (χ1v) is 20.0. The summed E-state index contributed by atoms with van der Waals surface area (Å²) in [6.45, 7) is 8.95. The molecule has 0 fully saturated rings. The van der Waals surface area contributed by atoms with Crippen molar-refractivity contribution >= 4 is 34.1 Å². The Morgan fingerprint density at radius 2 is 1.05 bits per heavy atom. The summed E-state index contributed by atoms with van der Waals surface area (Å²) in [4.78, 5) is 12.7. The van der Waals surface area contributed by atoms with Crippen molar-refractivity contribution in [3.8, 4) is 11.5 Å². The van der Waals surface area contributed by atoms with Crippen molar-refractivity contribution in [1.29, 1.82) is 0 Å². The van der Waals surface area contributed by atoms with Gasteiger partial charge < -0.3 is 24.6 Å². The lowest BCUT2D eigenvalue weighted by Gasteiger charge is -2.26. The van der Waals surface area contributed by atoms with Crippen molar-refractivity contribution in [3.63, 3.8) is 0 Å². The van der Waals surface area contributed by atoms with Crippen LogP contribution in [0.4, 0.5) is 34.1 Å². The maximum absolute atomic E-state index is 11.0. The van der Waals surface area contributed by atoms with Crippen LogP contribution in [0.5, 0.6) is 11.5 Å². The lowest BCUT2D eigenvalue weighted by molar-refractivity contribution is -0.384. The van der Waals surface area contributed by atoms with E-state index in [4.69, 9.17) is 9.47 Å². The molecule has 2 N–H and O–H groups in total. The van der Waals surface area contributed by atoms with E-state index in [1.165, 1.54) is 17.7 Å². The Kier molecular flexibility index (Phi) is 14.2. The highest BCUT2D eigenvalue weighted by atomic mass is 16.6. The summed E-state index contributed by atoms with van der Waals surface area (Å²) in [5.74, 6) is 1.45. The number of benzene rings is 6. The normalized spacial score (nSPS) is 12.6. The zero-order chi connectivity index (χ0) is 41.8. The summed E-state index contributed by atoms with van der Waals surface area (Å²) >= 11 is 0. The van der Waals surface area contributed by atoms with E-state index in [2.05, 4.69) is 109 Å². The third-order valence-electron chi connectivity index (χ3n) is 10.4. The van der Waals surface area contributed by atoms with Crippen LogP contribution in [0.25, 0.3) is 0 Å². The Morgan fingerprint density at radius 3 is 1.51 bits per heavy atom. The number of nitrogens with zero attached hydrogens (tertiary/aromatic N) is 4. The molecular formula is C49H52N4O6. The van der Waals surface area contributed by atoms with E-state index in [0.29, 0.717) is 36.6 Å². The van der Waals surface area contributed by atoms with Crippen LogP contribution in [-0.2, 0) is 11.8 Å². The van der Waals surface area contributed by atoms with E-state index in [9.17, 15) is 20.3 Å². The van der Waals surface area contributed by atoms with Crippen molar-refractivity contribution in [1.82, 2.24) is 0 Å². The second-order valence-electron chi connectivity index (χ2n) is 15.3. The minimum Gasteiger partial charge on any atom is -0.491 e. The number of aryl methyl sites for hydroxylation is 2. The van der Waals surface area contributed by atoms with Crippen molar-refractivity contribution in [3.05, 3.63) is 178 Å². The highest BCUT2D eigenvalue weighted by molar-refractivity contribution is 5.77. The average Bonchev–Trinajstić information content (AvgIpc) is 3.25. The van der Waals surface area contributed by atoms with Crippen LogP contribution in [0.2, 0.25) is 0 Å². The molecule has 2 atom stereocenters. The van der Waals surface area contributed by atoms with Gasteiger partial charge in [-0.15, -0.1) is 0 Å². The highest BCUT2D eigenvalue weighted by Gasteiger charge is 2.23. The molecule has 0 aliphatic rings. The van der Waals surface area contributed by atoms with Crippen LogP contribution >= 0.6 is 0 Å². The lowest BCUT2D eigenvalue weighted by Crippen LogP contribution is -2.20. The molecule has 2 unspecified atom stereocenters. The molecule has 10 heteroatoms. The SMILES string of the molecule is CCCC(O)COc1ccc(C(C)(C)c2ccc(OCC(O)CCc3ccc(N(c4ccc(C)cc4)c4ccc(N=Nc5ccc([N+](=O)[O-])cc5)cc4)cc3)cc2)cc1. The molecule has 10 nitrogen and oxygen atoms in total. The quantitative estimate of drug-likeness (QED) is 0.0474. The van der Waals surface area contributed by atoms with Gasteiger partial charge in [-0.25, -0.2) is 0 Å². The first kappa shape index (κ1) is 42.3. The van der Waals surface area contributed by atoms with Gasteiger partial charge in [-0.05, 0) is 128 Å². The lowest BCUT2D eigenvalue weighted by atomic mass is 9.78. The van der Waals surface area contributed by atoms with E-state index in [-0.39, 0.29) is 17.7 Å². The van der Waals surface area contributed by atoms with Crippen LogP contribution in [0, 0.1) is 17.0 Å². The fraction of sp³-hybridized carbons (Fsp3) is 0.265. The number of nitro benzene ring substituents is 1. The summed E-state index contributed by atoms with van der Waals surface area (Å²) in [5, 5.41) is 40.3. The van der Waals surface area contributed by atoms with Crippen LogP contribution < -0.4 is 14.4 Å². The Labute approximate surface area is 346 Å². The first-order chi connectivity index (χ1) is 28.5. The number of ether oxygens (including phenoxy) is 2. The molecule has 0 heterocycles. The molecule has 304 valence electrons. The van der Waals surface area contributed by atoms with Crippen LogP contribution in [0.1, 0.15) is 62.3 Å². The van der Waals surface area contributed by atoms with Gasteiger partial charge >= 0.3 is 0 Å².